The van der Waals surface area contributed by atoms with E-state index in [2.05, 4.69) is 32.8 Å². The lowest BCUT2D eigenvalue weighted by Gasteiger charge is -2.20. The van der Waals surface area contributed by atoms with E-state index < -0.39 is 0 Å². The molecule has 0 saturated carbocycles. The fourth-order valence-electron chi connectivity index (χ4n) is 7.10. The van der Waals surface area contributed by atoms with E-state index in [-0.39, 0.29) is 11.5 Å². The highest BCUT2D eigenvalue weighted by atomic mass is 16.5. The van der Waals surface area contributed by atoms with Gasteiger partial charge in [0.25, 0.3) is 0 Å². The lowest BCUT2D eigenvalue weighted by atomic mass is 9.96. The first-order valence-electron chi connectivity index (χ1n) is 20.9. The van der Waals surface area contributed by atoms with Gasteiger partial charge in [-0.25, -0.2) is 15.0 Å². The number of hydrogen-bond donors (Lipinski definition) is 2. The average Bonchev–Trinajstić information content (AvgIpc) is 3.61. The molecule has 0 aliphatic rings. The second-order valence-corrected chi connectivity index (χ2v) is 15.2. The Bertz CT molecular complexity index is 1620. The van der Waals surface area contributed by atoms with Crippen LogP contribution >= 0.6 is 0 Å². The van der Waals surface area contributed by atoms with Gasteiger partial charge in [0.15, 0.2) is 17.5 Å². The maximum absolute atomic E-state index is 11.6. The molecule has 0 saturated heterocycles. The van der Waals surface area contributed by atoms with Crippen molar-refractivity contribution in [2.45, 2.75) is 144 Å². The van der Waals surface area contributed by atoms with Crippen LogP contribution in [0.1, 0.15) is 142 Å². The van der Waals surface area contributed by atoms with Crippen molar-refractivity contribution < 1.29 is 19.7 Å². The molecule has 54 heavy (non-hydrogen) atoms. The number of aromatic hydroxyl groups is 2. The number of aryl methyl sites for hydroxylation is 1. The maximum Gasteiger partial charge on any atom is 0.182 e. The average molecular weight is 742 g/mol. The van der Waals surface area contributed by atoms with Crippen molar-refractivity contribution in [1.82, 2.24) is 24.7 Å². The lowest BCUT2D eigenvalue weighted by molar-refractivity contribution is 0.223. The minimum absolute atomic E-state index is 0.0603. The second kappa shape index (κ2) is 22.3. The molecule has 2 atom stereocenters. The van der Waals surface area contributed by atoms with E-state index in [0.717, 1.165) is 25.7 Å². The number of hydrogen-bond acceptors (Lipinski definition) is 8. The van der Waals surface area contributed by atoms with Crippen molar-refractivity contribution in [1.29, 1.82) is 0 Å². The molecule has 4 aromatic rings. The summed E-state index contributed by atoms with van der Waals surface area (Å²) in [4.78, 5) is 14.5. The highest BCUT2D eigenvalue weighted by molar-refractivity contribution is 5.74. The number of rotatable bonds is 25. The van der Waals surface area contributed by atoms with Crippen LogP contribution in [-0.4, -0.2) is 48.2 Å². The third-order valence-corrected chi connectivity index (χ3v) is 10.7. The van der Waals surface area contributed by atoms with E-state index in [1.807, 2.05) is 51.2 Å². The minimum Gasteiger partial charge on any atom is -0.507 e. The Morgan fingerprint density at radius 2 is 0.981 bits per heavy atom. The molecule has 0 radical (unpaired) electrons. The van der Waals surface area contributed by atoms with Gasteiger partial charge in [-0.1, -0.05) is 105 Å². The molecule has 0 aliphatic heterocycles. The summed E-state index contributed by atoms with van der Waals surface area (Å²) in [6, 6.07) is 9.26. The molecule has 4 rings (SSSR count). The SMILES string of the molecule is CCCCCCC(CCCC)COc1ccc(-c2nc(-c3ccc(OCC(CCCC)CCCCCC)c(C)c3O)nc(-c3ccnn3C)n2)c(O)c1C. The zero-order valence-corrected chi connectivity index (χ0v) is 34.3. The van der Waals surface area contributed by atoms with E-state index in [1.54, 1.807) is 10.9 Å². The van der Waals surface area contributed by atoms with Gasteiger partial charge < -0.3 is 19.7 Å². The third-order valence-electron chi connectivity index (χ3n) is 10.7. The summed E-state index contributed by atoms with van der Waals surface area (Å²) >= 11 is 0. The third kappa shape index (κ3) is 11.9. The number of aromatic nitrogens is 5. The van der Waals surface area contributed by atoms with Crippen LogP contribution in [0, 0.1) is 25.7 Å². The fourth-order valence-corrected chi connectivity index (χ4v) is 7.10. The lowest BCUT2D eigenvalue weighted by Crippen LogP contribution is -2.13. The molecule has 0 spiro atoms. The van der Waals surface area contributed by atoms with E-state index >= 15 is 0 Å². The summed E-state index contributed by atoms with van der Waals surface area (Å²) in [6.07, 6.45) is 21.0. The van der Waals surface area contributed by atoms with Crippen LogP contribution in [0.2, 0.25) is 0 Å². The van der Waals surface area contributed by atoms with Crippen LogP contribution in [-0.2, 0) is 7.05 Å². The molecule has 0 amide bonds. The zero-order valence-electron chi connectivity index (χ0n) is 34.3. The van der Waals surface area contributed by atoms with Gasteiger partial charge in [-0.05, 0) is 81.7 Å². The number of phenolic OH excluding ortho intramolecular Hbond substituents is 2. The van der Waals surface area contributed by atoms with Gasteiger partial charge in [-0.15, -0.1) is 0 Å². The minimum atomic E-state index is 0.0603. The summed E-state index contributed by atoms with van der Waals surface area (Å²) < 4.78 is 14.4. The van der Waals surface area contributed by atoms with Gasteiger partial charge in [0.1, 0.15) is 28.7 Å². The summed E-state index contributed by atoms with van der Waals surface area (Å²) in [5, 5.41) is 27.5. The van der Waals surface area contributed by atoms with Crippen LogP contribution in [0.3, 0.4) is 0 Å². The van der Waals surface area contributed by atoms with Crippen molar-refractivity contribution in [3.63, 3.8) is 0 Å². The quantitative estimate of drug-likeness (QED) is 0.0645. The van der Waals surface area contributed by atoms with Crippen molar-refractivity contribution in [3.8, 4) is 57.3 Å². The summed E-state index contributed by atoms with van der Waals surface area (Å²) in [5.74, 6) is 3.38. The molecule has 2 unspecified atom stereocenters. The topological polar surface area (TPSA) is 115 Å². The zero-order chi connectivity index (χ0) is 38.9. The van der Waals surface area contributed by atoms with Gasteiger partial charge >= 0.3 is 0 Å². The largest absolute Gasteiger partial charge is 0.507 e. The molecule has 2 aromatic carbocycles. The predicted molar refractivity (Wildman–Crippen MR) is 220 cm³/mol. The molecule has 0 fully saturated rings. The normalized spacial score (nSPS) is 12.6. The van der Waals surface area contributed by atoms with E-state index in [1.165, 1.54) is 77.0 Å². The fraction of sp³-hybridized carbons (Fsp3) is 0.600. The molecule has 0 aliphatic carbocycles. The summed E-state index contributed by atoms with van der Waals surface area (Å²) in [7, 11) is 1.83. The molecular weight excluding hydrogens is 675 g/mol. The van der Waals surface area contributed by atoms with E-state index in [4.69, 9.17) is 24.4 Å². The number of benzene rings is 2. The number of nitrogens with zero attached hydrogens (tertiary/aromatic N) is 5. The van der Waals surface area contributed by atoms with Gasteiger partial charge in [0.05, 0.1) is 24.3 Å². The molecule has 2 N–H and O–H groups in total. The van der Waals surface area contributed by atoms with Crippen LogP contribution in [0.4, 0.5) is 0 Å². The van der Waals surface area contributed by atoms with Crippen molar-refractivity contribution in [3.05, 3.63) is 47.7 Å². The molecule has 9 heteroatoms. The summed E-state index contributed by atoms with van der Waals surface area (Å²) in [5.41, 5.74) is 2.88. The Kier molecular flexibility index (Phi) is 17.6. The molecule has 2 aromatic heterocycles. The Morgan fingerprint density at radius 1 is 0.556 bits per heavy atom. The first-order valence-corrected chi connectivity index (χ1v) is 20.9. The number of unbranched alkanes of at least 4 members (excludes halogenated alkanes) is 8. The van der Waals surface area contributed by atoms with E-state index in [9.17, 15) is 10.2 Å². The van der Waals surface area contributed by atoms with Crippen molar-refractivity contribution in [2.24, 2.45) is 18.9 Å². The van der Waals surface area contributed by atoms with Gasteiger partial charge in [-0.3, -0.25) is 4.68 Å². The monoisotopic (exact) mass is 742 g/mol. The van der Waals surface area contributed by atoms with Crippen LogP contribution in [0.5, 0.6) is 23.0 Å². The Morgan fingerprint density at radius 3 is 1.39 bits per heavy atom. The molecule has 9 nitrogen and oxygen atoms in total. The molecule has 296 valence electrons. The number of phenols is 2. The Balaban J connectivity index is 1.62. The van der Waals surface area contributed by atoms with Crippen molar-refractivity contribution in [2.75, 3.05) is 13.2 Å². The predicted octanol–water partition coefficient (Wildman–Crippen LogP) is 11.9. The second-order valence-electron chi connectivity index (χ2n) is 15.2. The Hall–Kier alpha value is -4.14. The molecule has 0 bridgehead atoms. The van der Waals surface area contributed by atoms with Crippen LogP contribution < -0.4 is 9.47 Å². The van der Waals surface area contributed by atoms with Crippen LogP contribution in [0.25, 0.3) is 34.3 Å². The smallest absolute Gasteiger partial charge is 0.182 e. The molecular formula is C45H67N5O4. The van der Waals surface area contributed by atoms with Gasteiger partial charge in [-0.2, -0.15) is 5.10 Å². The number of ether oxygens (including phenoxy) is 2. The molecule has 2 heterocycles. The highest BCUT2D eigenvalue weighted by Crippen LogP contribution is 2.40. The summed E-state index contributed by atoms with van der Waals surface area (Å²) in [6.45, 7) is 13.9. The van der Waals surface area contributed by atoms with Crippen molar-refractivity contribution >= 4 is 0 Å². The first kappa shape index (κ1) is 42.6. The Labute approximate surface area is 325 Å². The van der Waals surface area contributed by atoms with Crippen LogP contribution in [0.15, 0.2) is 36.5 Å². The van der Waals surface area contributed by atoms with Gasteiger partial charge in [0, 0.05) is 24.4 Å². The van der Waals surface area contributed by atoms with E-state index in [0.29, 0.717) is 82.0 Å². The highest BCUT2D eigenvalue weighted by Gasteiger charge is 2.22. The first-order chi connectivity index (χ1) is 26.2. The maximum atomic E-state index is 11.6. The standard InChI is InChI=1S/C45H67N5O4/c1-8-12-16-18-22-34(20-14-10-3)30-53-39-26-24-36(41(51)32(39)5)43-47-44(49-45(48-43)38-28-29-46-50(38)7)37-25-27-40(33(6)42(37)52)54-31-35(21-15-11-4)23-19-17-13-9-2/h24-29,34-35,51-52H,8-23,30-31H2,1-7H3. The van der Waals surface area contributed by atoms with Gasteiger partial charge in [0.2, 0.25) is 0 Å².